The molecule has 0 radical (unpaired) electrons. The Morgan fingerprint density at radius 2 is 0.771 bits per heavy atom. The predicted octanol–water partition coefficient (Wildman–Crippen LogP) is 18.5. The van der Waals surface area contributed by atoms with Crippen LogP contribution in [-0.4, -0.2) is 13.8 Å². The quantitative estimate of drug-likeness (QED) is 0.187. The zero-order valence-electron chi connectivity index (χ0n) is 40.2. The van der Waals surface area contributed by atoms with Crippen molar-refractivity contribution >= 4 is 126 Å². The van der Waals surface area contributed by atoms with Gasteiger partial charge in [0.25, 0.3) is 0 Å². The molecule has 0 unspecified atom stereocenters. The fourth-order valence-corrected chi connectivity index (χ4v) is 12.3. The monoisotopic (exact) mass is 898 g/mol. The Balaban J connectivity index is 1.09. The third-order valence-corrected chi connectivity index (χ3v) is 15.7. The smallest absolute Gasteiger partial charge is 0.0622 e. The van der Waals surface area contributed by atoms with Gasteiger partial charge in [-0.15, -0.1) is 0 Å². The van der Waals surface area contributed by atoms with Gasteiger partial charge < -0.3 is 18.7 Å². The third-order valence-electron chi connectivity index (χ3n) is 15.7. The maximum absolute atomic E-state index is 3.99. The zero-order valence-corrected chi connectivity index (χ0v) is 40.2. The van der Waals surface area contributed by atoms with Gasteiger partial charge in [0, 0.05) is 82.0 Å². The van der Waals surface area contributed by atoms with Crippen LogP contribution in [0.15, 0.2) is 188 Å². The number of hydrogen-bond acceptors (Lipinski definition) is 1. The molecule has 0 atom stereocenters. The van der Waals surface area contributed by atoms with Crippen LogP contribution in [0.4, 0.5) is 17.1 Å². The molecular formula is C66H50N4. The molecule has 0 saturated heterocycles. The number of H-pyrrole nitrogens is 1. The summed E-state index contributed by atoms with van der Waals surface area (Å²) in [5.41, 5.74) is 18.2. The molecule has 0 bridgehead atoms. The van der Waals surface area contributed by atoms with Crippen molar-refractivity contribution in [1.82, 2.24) is 13.8 Å². The molecule has 5 heterocycles. The first-order valence-electron chi connectivity index (χ1n) is 24.8. The highest BCUT2D eigenvalue weighted by atomic mass is 15.1. The molecule has 0 aliphatic heterocycles. The molecule has 0 saturated carbocycles. The molecule has 0 fully saturated rings. The summed E-state index contributed by atoms with van der Waals surface area (Å²) in [6.45, 7) is 13.9. The minimum absolute atomic E-state index is 0.0228. The van der Waals surface area contributed by atoms with E-state index < -0.39 is 0 Å². The van der Waals surface area contributed by atoms with Crippen LogP contribution < -0.4 is 4.90 Å². The highest BCUT2D eigenvalue weighted by molar-refractivity contribution is 6.27. The average Bonchev–Trinajstić information content (AvgIpc) is 4.17. The van der Waals surface area contributed by atoms with Gasteiger partial charge in [-0.2, -0.15) is 0 Å². The number of anilines is 3. The molecule has 15 rings (SSSR count). The lowest BCUT2D eigenvalue weighted by molar-refractivity contribution is 0.590. The number of nitrogens with one attached hydrogen (secondary N) is 1. The fourth-order valence-electron chi connectivity index (χ4n) is 12.3. The lowest BCUT2D eigenvalue weighted by atomic mass is 9.83. The van der Waals surface area contributed by atoms with Gasteiger partial charge in [0.15, 0.2) is 0 Å². The molecule has 4 heteroatoms. The summed E-state index contributed by atoms with van der Waals surface area (Å²) in [7, 11) is 0. The van der Waals surface area contributed by atoms with E-state index in [2.05, 4.69) is 248 Å². The van der Waals surface area contributed by atoms with E-state index in [1.165, 1.54) is 126 Å². The number of aromatic nitrogens is 3. The fraction of sp³-hybridized carbons (Fsp3) is 0.121. The highest BCUT2D eigenvalue weighted by Gasteiger charge is 2.27. The number of hydrogen-bond donors (Lipinski definition) is 1. The molecule has 0 spiro atoms. The van der Waals surface area contributed by atoms with Gasteiger partial charge in [0.1, 0.15) is 0 Å². The molecule has 0 aliphatic rings. The van der Waals surface area contributed by atoms with Gasteiger partial charge in [-0.3, -0.25) is 0 Å². The van der Waals surface area contributed by atoms with E-state index in [1.807, 2.05) is 0 Å². The molecule has 334 valence electrons. The van der Waals surface area contributed by atoms with Crippen molar-refractivity contribution in [3.05, 3.63) is 199 Å². The van der Waals surface area contributed by atoms with E-state index in [0.29, 0.717) is 0 Å². The van der Waals surface area contributed by atoms with E-state index in [0.717, 1.165) is 22.6 Å². The summed E-state index contributed by atoms with van der Waals surface area (Å²) in [6.07, 6.45) is 0. The second-order valence-electron chi connectivity index (χ2n) is 21.9. The standard InChI is InChI=1S/C66H50N4/c1-65(2,3)39-27-28-57-50(30-39)52-32-40(66(4,5)6)31-51(62(52)67-57)49-33-41(29-38-17-7-8-18-44(38)49)68(42-34-53-45-19-9-13-23-58(45)69-59-24-14-10-20-46(59)54(35-42)63(53)69)43-36-55-47-21-11-15-25-60(47)70-61-26-16-12-22-48(61)56(37-43)64(55)70/h7-37,67H,1-6H3. The molecule has 1 N–H and O–H groups in total. The lowest BCUT2D eigenvalue weighted by Gasteiger charge is -2.28. The molecule has 15 aromatic rings. The number of para-hydroxylation sites is 4. The summed E-state index contributed by atoms with van der Waals surface area (Å²) < 4.78 is 4.96. The Kier molecular flexibility index (Phi) is 7.74. The maximum Gasteiger partial charge on any atom is 0.0622 e. The van der Waals surface area contributed by atoms with Crippen molar-refractivity contribution in [2.24, 2.45) is 0 Å². The van der Waals surface area contributed by atoms with Crippen LogP contribution >= 0.6 is 0 Å². The lowest BCUT2D eigenvalue weighted by Crippen LogP contribution is -2.12. The number of nitrogens with zero attached hydrogens (tertiary/aromatic N) is 3. The van der Waals surface area contributed by atoms with Crippen molar-refractivity contribution in [2.75, 3.05) is 4.90 Å². The van der Waals surface area contributed by atoms with Crippen LogP contribution in [0.1, 0.15) is 52.7 Å². The van der Waals surface area contributed by atoms with E-state index >= 15 is 0 Å². The van der Waals surface area contributed by atoms with Crippen LogP contribution in [-0.2, 0) is 10.8 Å². The van der Waals surface area contributed by atoms with Crippen molar-refractivity contribution in [2.45, 2.75) is 52.4 Å². The van der Waals surface area contributed by atoms with Crippen LogP contribution in [0.2, 0.25) is 0 Å². The largest absolute Gasteiger partial charge is 0.354 e. The first-order chi connectivity index (χ1) is 34.0. The maximum atomic E-state index is 3.99. The van der Waals surface area contributed by atoms with Crippen LogP contribution in [0.25, 0.3) is 120 Å². The van der Waals surface area contributed by atoms with Crippen molar-refractivity contribution in [3.63, 3.8) is 0 Å². The summed E-state index contributed by atoms with van der Waals surface area (Å²) >= 11 is 0. The number of fused-ring (bicyclic) bond motifs is 16. The number of benzene rings is 10. The Labute approximate surface area is 405 Å². The minimum atomic E-state index is -0.0886. The van der Waals surface area contributed by atoms with Crippen LogP contribution in [0.5, 0.6) is 0 Å². The SMILES string of the molecule is CC(C)(C)c1ccc2[nH]c3c(-c4cc(N(c5cc6c7ccccc7n7c8ccccc8c(c5)c67)c5cc6c7ccccc7n7c8ccccc8c(c5)c67)cc5ccccc45)cc(C(C)(C)C)cc3c2c1. The second-order valence-corrected chi connectivity index (χ2v) is 21.9. The Morgan fingerprint density at radius 1 is 0.343 bits per heavy atom. The first-order valence-corrected chi connectivity index (χ1v) is 24.8. The third kappa shape index (κ3) is 5.36. The second kappa shape index (κ2) is 13.7. The summed E-state index contributed by atoms with van der Waals surface area (Å²) in [4.78, 5) is 6.55. The van der Waals surface area contributed by atoms with Gasteiger partial charge in [-0.05, 0) is 123 Å². The normalized spacial score (nSPS) is 13.0. The van der Waals surface area contributed by atoms with Gasteiger partial charge in [0.05, 0.1) is 38.6 Å². The van der Waals surface area contributed by atoms with Gasteiger partial charge >= 0.3 is 0 Å². The van der Waals surface area contributed by atoms with Gasteiger partial charge in [0.2, 0.25) is 0 Å². The highest BCUT2D eigenvalue weighted by Crippen LogP contribution is 2.50. The van der Waals surface area contributed by atoms with E-state index in [9.17, 15) is 0 Å². The topological polar surface area (TPSA) is 27.9 Å². The summed E-state index contributed by atoms with van der Waals surface area (Å²) in [5.74, 6) is 0. The minimum Gasteiger partial charge on any atom is -0.354 e. The molecule has 0 aliphatic carbocycles. The predicted molar refractivity (Wildman–Crippen MR) is 300 cm³/mol. The van der Waals surface area contributed by atoms with Crippen molar-refractivity contribution in [1.29, 1.82) is 0 Å². The van der Waals surface area contributed by atoms with Gasteiger partial charge in [-0.1, -0.05) is 145 Å². The van der Waals surface area contributed by atoms with Gasteiger partial charge in [-0.25, -0.2) is 0 Å². The summed E-state index contributed by atoms with van der Waals surface area (Å²) in [5, 5.41) is 15.0. The average molecular weight is 899 g/mol. The van der Waals surface area contributed by atoms with Crippen molar-refractivity contribution < 1.29 is 0 Å². The number of rotatable bonds is 4. The molecule has 4 nitrogen and oxygen atoms in total. The summed E-state index contributed by atoms with van der Waals surface area (Å²) in [6, 6.07) is 71.4. The molecule has 10 aromatic carbocycles. The molecule has 0 amide bonds. The molecular weight excluding hydrogens is 849 g/mol. The zero-order chi connectivity index (χ0) is 46.9. The van der Waals surface area contributed by atoms with E-state index in [1.54, 1.807) is 0 Å². The van der Waals surface area contributed by atoms with Crippen molar-refractivity contribution in [3.8, 4) is 11.1 Å². The van der Waals surface area contributed by atoms with E-state index in [-0.39, 0.29) is 10.8 Å². The number of aromatic amines is 1. The van der Waals surface area contributed by atoms with Crippen LogP contribution in [0.3, 0.4) is 0 Å². The Hall–Kier alpha value is -8.34. The molecule has 5 aromatic heterocycles. The molecule has 70 heavy (non-hydrogen) atoms. The van der Waals surface area contributed by atoms with E-state index in [4.69, 9.17) is 0 Å². The first kappa shape index (κ1) is 39.6. The van der Waals surface area contributed by atoms with Crippen LogP contribution in [0, 0.1) is 0 Å². The Morgan fingerprint density at radius 3 is 1.26 bits per heavy atom. The Bertz CT molecular complexity index is 4330.